The highest BCUT2D eigenvalue weighted by Gasteiger charge is 2.30. The van der Waals surface area contributed by atoms with Crippen molar-refractivity contribution < 1.29 is 80.2 Å². The van der Waals surface area contributed by atoms with Crippen molar-refractivity contribution >= 4 is 39.5 Å². The normalized spacial score (nSPS) is 14.4. The van der Waals surface area contributed by atoms with Crippen molar-refractivity contribution in [3.8, 4) is 0 Å². The number of rotatable bonds is 74. The lowest BCUT2D eigenvalue weighted by molar-refractivity contribution is -0.161. The second kappa shape index (κ2) is 73.3. The van der Waals surface area contributed by atoms with Crippen LogP contribution in [0.4, 0.5) is 0 Å². The van der Waals surface area contributed by atoms with Crippen LogP contribution in [0.15, 0.2) is 97.2 Å². The first-order valence-electron chi connectivity index (χ1n) is 39.5. The fourth-order valence-corrected chi connectivity index (χ4v) is 12.0. The van der Waals surface area contributed by atoms with E-state index >= 15 is 0 Å². The SMILES string of the molecule is CCCCC/C=C/C/C=C/CCCCCCCC(=O)OCC(COP(=O)(O)OCC(O)COP(=O)(O)OCC(COC(=O)CCCCCCC/C=C/C/C=C/CCCCC)OC(=O)CCCCCCC/C=C/C/C=C/CCCCC)OC(=O)CCCCCCC/C=C/C/C=C/CCCCC. The minimum absolute atomic E-state index is 0.0756. The van der Waals surface area contributed by atoms with Gasteiger partial charge < -0.3 is 33.8 Å². The molecule has 0 rings (SSSR count). The average molecular weight is 1450 g/mol. The van der Waals surface area contributed by atoms with Crippen molar-refractivity contribution in [2.24, 2.45) is 0 Å². The molecule has 100 heavy (non-hydrogen) atoms. The van der Waals surface area contributed by atoms with Gasteiger partial charge in [-0.05, 0) is 154 Å². The summed E-state index contributed by atoms with van der Waals surface area (Å²) in [7, 11) is -9.97. The van der Waals surface area contributed by atoms with Crippen LogP contribution in [0.25, 0.3) is 0 Å². The molecule has 17 nitrogen and oxygen atoms in total. The fourth-order valence-electron chi connectivity index (χ4n) is 10.4. The number of phosphoric acid groups is 2. The van der Waals surface area contributed by atoms with Gasteiger partial charge in [-0.25, -0.2) is 9.13 Å². The van der Waals surface area contributed by atoms with E-state index in [1.54, 1.807) is 0 Å². The molecule has 0 spiro atoms. The van der Waals surface area contributed by atoms with Crippen LogP contribution in [0, 0.1) is 0 Å². The zero-order chi connectivity index (χ0) is 73.2. The van der Waals surface area contributed by atoms with Gasteiger partial charge in [0.25, 0.3) is 0 Å². The van der Waals surface area contributed by atoms with Gasteiger partial charge in [0.05, 0.1) is 26.4 Å². The number of phosphoric ester groups is 2. The molecule has 0 amide bonds. The smallest absolute Gasteiger partial charge is 0.462 e. The van der Waals surface area contributed by atoms with Crippen LogP contribution < -0.4 is 0 Å². The second-order valence-corrected chi connectivity index (χ2v) is 29.2. The number of esters is 4. The zero-order valence-electron chi connectivity index (χ0n) is 63.1. The molecule has 0 bridgehead atoms. The van der Waals surface area contributed by atoms with Crippen molar-refractivity contribution in [1.29, 1.82) is 0 Å². The first kappa shape index (κ1) is 96.0. The van der Waals surface area contributed by atoms with Crippen LogP contribution >= 0.6 is 15.6 Å². The molecule has 578 valence electrons. The lowest BCUT2D eigenvalue weighted by atomic mass is 10.1. The van der Waals surface area contributed by atoms with E-state index in [2.05, 4.69) is 125 Å². The Bertz CT molecular complexity index is 2120. The summed E-state index contributed by atoms with van der Waals surface area (Å²) in [6, 6.07) is 0. The molecule has 0 aromatic heterocycles. The molecule has 4 unspecified atom stereocenters. The van der Waals surface area contributed by atoms with E-state index in [4.69, 9.17) is 37.0 Å². The Hall–Kier alpha value is -4.02. The maximum Gasteiger partial charge on any atom is 0.472 e. The Morgan fingerprint density at radius 3 is 0.740 bits per heavy atom. The third-order valence-corrected chi connectivity index (χ3v) is 18.4. The summed E-state index contributed by atoms with van der Waals surface area (Å²) in [6.45, 7) is 4.74. The summed E-state index contributed by atoms with van der Waals surface area (Å²) in [5.74, 6) is -2.22. The van der Waals surface area contributed by atoms with Gasteiger partial charge >= 0.3 is 39.5 Å². The third kappa shape index (κ3) is 72.3. The predicted octanol–water partition coefficient (Wildman–Crippen LogP) is 22.8. The average Bonchev–Trinajstić information content (AvgIpc) is 1.01. The number of hydrogen-bond acceptors (Lipinski definition) is 15. The van der Waals surface area contributed by atoms with E-state index in [0.29, 0.717) is 25.7 Å². The number of aliphatic hydroxyl groups is 1. The highest BCUT2D eigenvalue weighted by molar-refractivity contribution is 7.47. The quantitative estimate of drug-likeness (QED) is 0.0169. The summed E-state index contributed by atoms with van der Waals surface area (Å²) in [5, 5.41) is 10.6. The summed E-state index contributed by atoms with van der Waals surface area (Å²) in [5.41, 5.74) is 0. The first-order valence-corrected chi connectivity index (χ1v) is 42.5. The highest BCUT2D eigenvalue weighted by atomic mass is 31.2. The molecule has 0 aromatic carbocycles. The topological polar surface area (TPSA) is 237 Å². The van der Waals surface area contributed by atoms with Gasteiger partial charge in [0, 0.05) is 25.7 Å². The molecule has 0 fully saturated rings. The predicted molar refractivity (Wildman–Crippen MR) is 409 cm³/mol. The molecular weight excluding hydrogens is 1310 g/mol. The zero-order valence-corrected chi connectivity index (χ0v) is 64.9. The van der Waals surface area contributed by atoms with Crippen LogP contribution in [0.2, 0.25) is 0 Å². The van der Waals surface area contributed by atoms with E-state index in [9.17, 15) is 43.2 Å². The van der Waals surface area contributed by atoms with E-state index in [1.165, 1.54) is 77.0 Å². The molecule has 4 atom stereocenters. The Morgan fingerprint density at radius 1 is 0.280 bits per heavy atom. The van der Waals surface area contributed by atoms with E-state index in [0.717, 1.165) is 180 Å². The summed E-state index contributed by atoms with van der Waals surface area (Å²) < 4.78 is 68.5. The standard InChI is InChI=1S/C81H142O17P2/c1-5-9-13-17-21-25-29-33-37-41-45-49-53-57-61-65-78(83)91-71-76(97-80(85)67-63-59-55-51-47-43-39-35-31-27-23-19-15-11-7-3)73-95-99(87,88)93-69-75(82)70-94-100(89,90)96-74-77(98-81(86)68-64-60-56-52-48-44-40-36-32-28-24-20-16-12-8-4)72-92-79(84)66-62-58-54-50-46-42-38-34-30-26-22-18-14-10-6-2/h21-28,33-40,75-77,82H,5-20,29-32,41-74H2,1-4H3,(H,87,88)(H,89,90)/b25-21+,26-22+,27-23+,28-24+,37-33+,38-34+,39-35+,40-36+. The van der Waals surface area contributed by atoms with Gasteiger partial charge in [-0.2, -0.15) is 0 Å². The van der Waals surface area contributed by atoms with Crippen LogP contribution in [-0.2, 0) is 65.4 Å². The van der Waals surface area contributed by atoms with Gasteiger partial charge in [-0.15, -0.1) is 0 Å². The van der Waals surface area contributed by atoms with Crippen molar-refractivity contribution in [2.45, 2.75) is 354 Å². The Balaban J connectivity index is 5.40. The van der Waals surface area contributed by atoms with Gasteiger partial charge in [-0.3, -0.25) is 37.3 Å². The molecule has 0 aliphatic heterocycles. The van der Waals surface area contributed by atoms with Crippen molar-refractivity contribution in [3.05, 3.63) is 97.2 Å². The second-order valence-electron chi connectivity index (χ2n) is 26.3. The maximum absolute atomic E-state index is 13.1. The molecule has 19 heteroatoms. The van der Waals surface area contributed by atoms with Gasteiger partial charge in [0.2, 0.25) is 0 Å². The Morgan fingerprint density at radius 2 is 0.490 bits per heavy atom. The van der Waals surface area contributed by atoms with Crippen LogP contribution in [0.5, 0.6) is 0 Å². The van der Waals surface area contributed by atoms with Crippen LogP contribution in [0.3, 0.4) is 0 Å². The van der Waals surface area contributed by atoms with E-state index in [1.807, 2.05) is 0 Å². The number of ether oxygens (including phenoxy) is 4. The highest BCUT2D eigenvalue weighted by Crippen LogP contribution is 2.45. The van der Waals surface area contributed by atoms with Gasteiger partial charge in [0.15, 0.2) is 12.2 Å². The lowest BCUT2D eigenvalue weighted by Gasteiger charge is -2.21. The number of aliphatic hydroxyl groups excluding tert-OH is 1. The molecule has 0 aromatic rings. The molecule has 0 saturated heterocycles. The summed E-state index contributed by atoms with van der Waals surface area (Å²) in [4.78, 5) is 72.9. The van der Waals surface area contributed by atoms with Crippen LogP contribution in [0.1, 0.15) is 336 Å². The van der Waals surface area contributed by atoms with Gasteiger partial charge in [-0.1, -0.05) is 253 Å². The lowest BCUT2D eigenvalue weighted by Crippen LogP contribution is -2.30. The molecule has 0 heterocycles. The maximum atomic E-state index is 13.1. The Labute approximate surface area is 607 Å². The van der Waals surface area contributed by atoms with Crippen LogP contribution in [-0.4, -0.2) is 96.7 Å². The van der Waals surface area contributed by atoms with Crippen molar-refractivity contribution in [2.75, 3.05) is 39.6 Å². The number of carbonyl (C=O) groups is 4. The summed E-state index contributed by atoms with van der Waals surface area (Å²) >= 11 is 0. The van der Waals surface area contributed by atoms with Gasteiger partial charge in [0.1, 0.15) is 19.3 Å². The number of hydrogen-bond donors (Lipinski definition) is 3. The molecule has 0 saturated carbocycles. The Kier molecular flexibility index (Phi) is 70.4. The largest absolute Gasteiger partial charge is 0.472 e. The number of carbonyl (C=O) groups excluding carboxylic acids is 4. The number of allylic oxidation sites excluding steroid dienone is 16. The molecular formula is C81H142O17P2. The van der Waals surface area contributed by atoms with Crippen molar-refractivity contribution in [3.63, 3.8) is 0 Å². The molecule has 0 aliphatic carbocycles. The van der Waals surface area contributed by atoms with E-state index in [-0.39, 0.29) is 25.7 Å². The van der Waals surface area contributed by atoms with Crippen molar-refractivity contribution in [1.82, 2.24) is 0 Å². The minimum Gasteiger partial charge on any atom is -0.462 e. The first-order chi connectivity index (χ1) is 48.7. The van der Waals surface area contributed by atoms with E-state index < -0.39 is 97.5 Å². The molecule has 0 aliphatic rings. The molecule has 0 radical (unpaired) electrons. The minimum atomic E-state index is -4.98. The number of unbranched alkanes of at least 4 members (excludes halogenated alkanes) is 32. The summed E-state index contributed by atoms with van der Waals surface area (Å²) in [6.07, 6.45) is 76.6. The molecule has 3 N–H and O–H groups in total. The monoisotopic (exact) mass is 1450 g/mol. The third-order valence-electron chi connectivity index (χ3n) is 16.5. The fraction of sp³-hybridized carbons (Fsp3) is 0.753.